The number of β-amino-alcohol motifs (C(OH)–C–C–N with tert-alkyl or cyclic N) is 1. The van der Waals surface area contributed by atoms with Crippen LogP contribution in [-0.2, 0) is 18.4 Å². The van der Waals surface area contributed by atoms with Crippen LogP contribution in [0.15, 0.2) is 54.9 Å². The summed E-state index contributed by atoms with van der Waals surface area (Å²) in [7, 11) is 3.69. The number of aryl methyl sites for hydroxylation is 1. The first kappa shape index (κ1) is 18.4. The second kappa shape index (κ2) is 7.89. The number of likely N-dealkylation sites (tertiary alicyclic amines) is 1. The van der Waals surface area contributed by atoms with Crippen LogP contribution >= 0.6 is 0 Å². The van der Waals surface area contributed by atoms with Crippen molar-refractivity contribution >= 4 is 12.0 Å². The van der Waals surface area contributed by atoms with Crippen LogP contribution in [0.4, 0.5) is 0 Å². The third-order valence-corrected chi connectivity index (χ3v) is 4.84. The number of aromatic nitrogens is 1. The molecule has 0 saturated carbocycles. The molecule has 26 heavy (non-hydrogen) atoms. The van der Waals surface area contributed by atoms with Gasteiger partial charge in [-0.1, -0.05) is 30.3 Å². The van der Waals surface area contributed by atoms with Crippen molar-refractivity contribution in [3.63, 3.8) is 0 Å². The zero-order valence-electron chi connectivity index (χ0n) is 15.5. The number of benzene rings is 1. The van der Waals surface area contributed by atoms with Gasteiger partial charge in [0, 0.05) is 52.2 Å². The van der Waals surface area contributed by atoms with E-state index in [1.165, 1.54) is 5.56 Å². The van der Waals surface area contributed by atoms with E-state index in [1.54, 1.807) is 24.1 Å². The standard InChI is InChI=1S/C21H27N3O2/c1-22-12-10-19(14-22)8-9-20(25)23(2)16-21(26)11-13-24(17-21)15-18-6-4-3-5-7-18/h3-10,12,14,26H,11,13,15-17H2,1-2H3/b9-8+. The van der Waals surface area contributed by atoms with Gasteiger partial charge < -0.3 is 14.6 Å². The Morgan fingerprint density at radius 2 is 2.08 bits per heavy atom. The van der Waals surface area contributed by atoms with E-state index in [2.05, 4.69) is 17.0 Å². The van der Waals surface area contributed by atoms with Gasteiger partial charge in [0.25, 0.3) is 0 Å². The summed E-state index contributed by atoms with van der Waals surface area (Å²) in [6, 6.07) is 12.2. The van der Waals surface area contributed by atoms with Crippen molar-refractivity contribution in [3.8, 4) is 0 Å². The average molecular weight is 353 g/mol. The van der Waals surface area contributed by atoms with E-state index in [0.717, 1.165) is 18.7 Å². The van der Waals surface area contributed by atoms with Gasteiger partial charge in [-0.25, -0.2) is 0 Å². The minimum Gasteiger partial charge on any atom is -0.387 e. The number of amides is 1. The Morgan fingerprint density at radius 1 is 1.31 bits per heavy atom. The van der Waals surface area contributed by atoms with Gasteiger partial charge in [0.2, 0.25) is 5.91 Å². The molecule has 1 unspecified atom stereocenters. The van der Waals surface area contributed by atoms with E-state index < -0.39 is 5.60 Å². The Balaban J connectivity index is 1.52. The molecule has 2 heterocycles. The monoisotopic (exact) mass is 353 g/mol. The SMILES string of the molecule is CN(CC1(O)CCN(Cc2ccccc2)C1)C(=O)/C=C/c1ccn(C)c1. The van der Waals surface area contributed by atoms with Crippen molar-refractivity contribution in [2.45, 2.75) is 18.6 Å². The second-order valence-electron chi connectivity index (χ2n) is 7.31. The molecule has 0 spiro atoms. The average Bonchev–Trinajstić information content (AvgIpc) is 3.19. The van der Waals surface area contributed by atoms with E-state index in [4.69, 9.17) is 0 Å². The Kier molecular flexibility index (Phi) is 5.59. The first-order valence-electron chi connectivity index (χ1n) is 8.97. The Hall–Kier alpha value is -2.37. The maximum Gasteiger partial charge on any atom is 0.246 e. The summed E-state index contributed by atoms with van der Waals surface area (Å²) in [4.78, 5) is 16.2. The van der Waals surface area contributed by atoms with Gasteiger partial charge in [-0.3, -0.25) is 9.69 Å². The highest BCUT2D eigenvalue weighted by Crippen LogP contribution is 2.24. The van der Waals surface area contributed by atoms with E-state index in [-0.39, 0.29) is 5.91 Å². The number of aliphatic hydroxyl groups is 1. The lowest BCUT2D eigenvalue weighted by molar-refractivity contribution is -0.127. The van der Waals surface area contributed by atoms with E-state index in [9.17, 15) is 9.90 Å². The predicted molar refractivity (Wildman–Crippen MR) is 103 cm³/mol. The molecule has 138 valence electrons. The highest BCUT2D eigenvalue weighted by Gasteiger charge is 2.37. The maximum atomic E-state index is 12.3. The summed E-state index contributed by atoms with van der Waals surface area (Å²) in [6.07, 6.45) is 7.95. The van der Waals surface area contributed by atoms with Crippen LogP contribution < -0.4 is 0 Å². The van der Waals surface area contributed by atoms with Gasteiger partial charge in [-0.05, 0) is 29.7 Å². The molecule has 0 bridgehead atoms. The van der Waals surface area contributed by atoms with Crippen molar-refractivity contribution in [3.05, 3.63) is 66.0 Å². The molecule has 0 aliphatic carbocycles. The van der Waals surface area contributed by atoms with Crippen LogP contribution in [0, 0.1) is 0 Å². The lowest BCUT2D eigenvalue weighted by Crippen LogP contribution is -2.45. The van der Waals surface area contributed by atoms with Crippen molar-refractivity contribution in [1.82, 2.24) is 14.4 Å². The molecular formula is C21H27N3O2. The van der Waals surface area contributed by atoms with Gasteiger partial charge in [0.05, 0.1) is 12.1 Å². The molecule has 1 N–H and O–H groups in total. The summed E-state index contributed by atoms with van der Waals surface area (Å²) >= 11 is 0. The normalized spacial score (nSPS) is 20.7. The van der Waals surface area contributed by atoms with Gasteiger partial charge in [-0.2, -0.15) is 0 Å². The second-order valence-corrected chi connectivity index (χ2v) is 7.31. The minimum atomic E-state index is -0.847. The molecule has 1 fully saturated rings. The van der Waals surface area contributed by atoms with E-state index >= 15 is 0 Å². The number of nitrogens with zero attached hydrogens (tertiary/aromatic N) is 3. The van der Waals surface area contributed by atoms with Crippen LogP contribution in [-0.4, -0.2) is 57.7 Å². The van der Waals surface area contributed by atoms with Crippen LogP contribution in [0.2, 0.25) is 0 Å². The molecule has 1 aliphatic heterocycles. The molecule has 5 nitrogen and oxygen atoms in total. The molecule has 2 aromatic rings. The topological polar surface area (TPSA) is 48.7 Å². The summed E-state index contributed by atoms with van der Waals surface area (Å²) in [6.45, 7) is 2.60. The van der Waals surface area contributed by atoms with E-state index in [1.807, 2.05) is 48.3 Å². The zero-order valence-corrected chi connectivity index (χ0v) is 15.5. The molecule has 1 saturated heterocycles. The lowest BCUT2D eigenvalue weighted by Gasteiger charge is -2.28. The number of hydrogen-bond donors (Lipinski definition) is 1. The molecule has 1 amide bonds. The van der Waals surface area contributed by atoms with Crippen molar-refractivity contribution in [2.24, 2.45) is 7.05 Å². The van der Waals surface area contributed by atoms with E-state index in [0.29, 0.717) is 19.5 Å². The van der Waals surface area contributed by atoms with Gasteiger partial charge in [-0.15, -0.1) is 0 Å². The summed E-state index contributed by atoms with van der Waals surface area (Å²) in [5.74, 6) is -0.0937. The third kappa shape index (κ3) is 4.84. The highest BCUT2D eigenvalue weighted by molar-refractivity contribution is 5.91. The Bertz CT molecular complexity index is 769. The molecule has 1 aromatic heterocycles. The van der Waals surface area contributed by atoms with Gasteiger partial charge >= 0.3 is 0 Å². The summed E-state index contributed by atoms with van der Waals surface area (Å²) in [5, 5.41) is 10.9. The van der Waals surface area contributed by atoms with Crippen molar-refractivity contribution in [1.29, 1.82) is 0 Å². The smallest absolute Gasteiger partial charge is 0.246 e. The van der Waals surface area contributed by atoms with Crippen LogP contribution in [0.3, 0.4) is 0 Å². The predicted octanol–water partition coefficient (Wildman–Crippen LogP) is 2.13. The first-order chi connectivity index (χ1) is 12.4. The molecule has 0 radical (unpaired) electrons. The highest BCUT2D eigenvalue weighted by atomic mass is 16.3. The minimum absolute atomic E-state index is 0.0937. The fourth-order valence-electron chi connectivity index (χ4n) is 3.48. The van der Waals surface area contributed by atoms with Gasteiger partial charge in [0.1, 0.15) is 0 Å². The number of hydrogen-bond acceptors (Lipinski definition) is 3. The number of carbonyl (C=O) groups is 1. The molecule has 1 aliphatic rings. The molecule has 3 rings (SSSR count). The lowest BCUT2D eigenvalue weighted by atomic mass is 10.0. The summed E-state index contributed by atoms with van der Waals surface area (Å²) in [5.41, 5.74) is 1.38. The largest absolute Gasteiger partial charge is 0.387 e. The molecular weight excluding hydrogens is 326 g/mol. The number of likely N-dealkylation sites (N-methyl/N-ethyl adjacent to an activating group) is 1. The first-order valence-corrected chi connectivity index (χ1v) is 8.97. The maximum absolute atomic E-state index is 12.3. The quantitative estimate of drug-likeness (QED) is 0.810. The van der Waals surface area contributed by atoms with Gasteiger partial charge in [0.15, 0.2) is 0 Å². The Labute approximate surface area is 155 Å². The summed E-state index contributed by atoms with van der Waals surface area (Å²) < 4.78 is 1.94. The van der Waals surface area contributed by atoms with Crippen molar-refractivity contribution in [2.75, 3.05) is 26.7 Å². The fraction of sp³-hybridized carbons (Fsp3) is 0.381. The molecule has 1 atom stereocenters. The molecule has 5 heteroatoms. The van der Waals surface area contributed by atoms with Crippen LogP contribution in [0.1, 0.15) is 17.5 Å². The Morgan fingerprint density at radius 3 is 2.77 bits per heavy atom. The number of carbonyl (C=O) groups excluding carboxylic acids is 1. The third-order valence-electron chi connectivity index (χ3n) is 4.84. The fourth-order valence-corrected chi connectivity index (χ4v) is 3.48. The number of rotatable bonds is 6. The zero-order chi connectivity index (χ0) is 18.6. The molecule has 1 aromatic carbocycles. The van der Waals surface area contributed by atoms with Crippen LogP contribution in [0.25, 0.3) is 6.08 Å². The van der Waals surface area contributed by atoms with Crippen LogP contribution in [0.5, 0.6) is 0 Å². The van der Waals surface area contributed by atoms with Crippen molar-refractivity contribution < 1.29 is 9.90 Å².